The molecule has 6 nitrogen and oxygen atoms in total. The summed E-state index contributed by atoms with van der Waals surface area (Å²) in [6.45, 7) is 8.05. The van der Waals surface area contributed by atoms with Gasteiger partial charge in [-0.25, -0.2) is 0 Å². The summed E-state index contributed by atoms with van der Waals surface area (Å²) in [5, 5.41) is 6.84. The van der Waals surface area contributed by atoms with E-state index in [1.165, 1.54) is 18.4 Å². The predicted molar refractivity (Wildman–Crippen MR) is 114 cm³/mol. The minimum atomic E-state index is 0.315. The van der Waals surface area contributed by atoms with Gasteiger partial charge in [0.05, 0.1) is 19.7 Å². The third kappa shape index (κ3) is 7.39. The molecule has 1 heterocycles. The van der Waals surface area contributed by atoms with Crippen LogP contribution in [0.1, 0.15) is 37.8 Å². The molecular weight excluding hydrogens is 338 g/mol. The highest BCUT2D eigenvalue weighted by atomic mass is 16.5. The number of nitrogens with zero attached hydrogens (tertiary/aromatic N) is 3. The average molecular weight is 376 g/mol. The first-order valence-electron chi connectivity index (χ1n) is 10.2. The van der Waals surface area contributed by atoms with Gasteiger partial charge in [-0.15, -0.1) is 0 Å². The van der Waals surface area contributed by atoms with Crippen LogP contribution in [-0.4, -0.2) is 76.2 Å². The Morgan fingerprint density at radius 2 is 1.89 bits per heavy atom. The van der Waals surface area contributed by atoms with Gasteiger partial charge in [0, 0.05) is 13.1 Å². The molecule has 1 atom stereocenters. The van der Waals surface area contributed by atoms with Crippen LogP contribution in [-0.2, 0) is 0 Å². The van der Waals surface area contributed by atoms with E-state index in [9.17, 15) is 0 Å². The van der Waals surface area contributed by atoms with Gasteiger partial charge in [-0.05, 0) is 77.6 Å². The Labute approximate surface area is 165 Å². The molecule has 1 aliphatic rings. The first-order valence-corrected chi connectivity index (χ1v) is 10.2. The maximum atomic E-state index is 5.31. The lowest BCUT2D eigenvalue weighted by Gasteiger charge is -2.27. The third-order valence-electron chi connectivity index (χ3n) is 4.92. The number of methoxy groups -OCH3 is 1. The van der Waals surface area contributed by atoms with Gasteiger partial charge in [-0.2, -0.15) is 0 Å². The monoisotopic (exact) mass is 375 g/mol. The van der Waals surface area contributed by atoms with Crippen LogP contribution in [0.4, 0.5) is 0 Å². The molecule has 0 amide bonds. The van der Waals surface area contributed by atoms with Crippen molar-refractivity contribution in [3.05, 3.63) is 29.8 Å². The number of nitrogens with one attached hydrogen (secondary N) is 2. The molecule has 2 N–H and O–H groups in total. The van der Waals surface area contributed by atoms with Gasteiger partial charge < -0.3 is 20.3 Å². The van der Waals surface area contributed by atoms with Crippen molar-refractivity contribution in [1.29, 1.82) is 0 Å². The van der Waals surface area contributed by atoms with E-state index in [4.69, 9.17) is 9.73 Å². The molecule has 0 aromatic heterocycles. The number of likely N-dealkylation sites (tertiary alicyclic amines) is 1. The first-order chi connectivity index (χ1) is 13.1. The highest BCUT2D eigenvalue weighted by Gasteiger charge is 2.23. The van der Waals surface area contributed by atoms with Gasteiger partial charge in [0.1, 0.15) is 5.75 Å². The molecule has 6 heteroatoms. The second-order valence-electron chi connectivity index (χ2n) is 7.34. The molecule has 1 saturated heterocycles. The first kappa shape index (κ1) is 21.5. The van der Waals surface area contributed by atoms with Gasteiger partial charge in [-0.1, -0.05) is 12.1 Å². The molecule has 152 valence electrons. The SMILES string of the molecule is CCNC(=NCC(c1ccc(OC)cc1)N1CCCC1)NCCCN(C)C. The summed E-state index contributed by atoms with van der Waals surface area (Å²) in [5.41, 5.74) is 1.31. The highest BCUT2D eigenvalue weighted by Crippen LogP contribution is 2.27. The third-order valence-corrected chi connectivity index (χ3v) is 4.92. The lowest BCUT2D eigenvalue weighted by Crippen LogP contribution is -2.39. The Morgan fingerprint density at radius 1 is 1.19 bits per heavy atom. The van der Waals surface area contributed by atoms with Crippen molar-refractivity contribution >= 4 is 5.96 Å². The lowest BCUT2D eigenvalue weighted by atomic mass is 10.1. The fourth-order valence-corrected chi connectivity index (χ4v) is 3.43. The summed E-state index contributed by atoms with van der Waals surface area (Å²) in [5.74, 6) is 1.81. The average Bonchev–Trinajstić information content (AvgIpc) is 3.20. The molecule has 0 aliphatic carbocycles. The highest BCUT2D eigenvalue weighted by molar-refractivity contribution is 5.79. The van der Waals surface area contributed by atoms with Crippen LogP contribution in [0, 0.1) is 0 Å². The van der Waals surface area contributed by atoms with Crippen LogP contribution in [0.25, 0.3) is 0 Å². The number of rotatable bonds is 10. The fraction of sp³-hybridized carbons (Fsp3) is 0.667. The Kier molecular flexibility index (Phi) is 9.42. The van der Waals surface area contributed by atoms with E-state index in [1.54, 1.807) is 7.11 Å². The van der Waals surface area contributed by atoms with E-state index in [-0.39, 0.29) is 0 Å². The van der Waals surface area contributed by atoms with Crippen LogP contribution in [0.5, 0.6) is 5.75 Å². The van der Waals surface area contributed by atoms with E-state index in [1.807, 2.05) is 12.1 Å². The maximum absolute atomic E-state index is 5.31. The van der Waals surface area contributed by atoms with Crippen molar-refractivity contribution in [2.24, 2.45) is 4.99 Å². The lowest BCUT2D eigenvalue weighted by molar-refractivity contribution is 0.251. The van der Waals surface area contributed by atoms with Crippen molar-refractivity contribution < 1.29 is 4.74 Å². The van der Waals surface area contributed by atoms with Gasteiger partial charge in [0.15, 0.2) is 5.96 Å². The molecule has 0 bridgehead atoms. The van der Waals surface area contributed by atoms with Crippen molar-refractivity contribution in [3.63, 3.8) is 0 Å². The summed E-state index contributed by atoms with van der Waals surface area (Å²) < 4.78 is 5.31. The van der Waals surface area contributed by atoms with Gasteiger partial charge >= 0.3 is 0 Å². The van der Waals surface area contributed by atoms with Crippen molar-refractivity contribution in [2.75, 3.05) is 60.5 Å². The number of guanidine groups is 1. The van der Waals surface area contributed by atoms with E-state index in [2.05, 4.69) is 53.6 Å². The van der Waals surface area contributed by atoms with E-state index < -0.39 is 0 Å². The molecule has 0 radical (unpaired) electrons. The summed E-state index contributed by atoms with van der Waals surface area (Å²) in [6, 6.07) is 8.76. The fourth-order valence-electron chi connectivity index (χ4n) is 3.43. The van der Waals surface area contributed by atoms with Gasteiger partial charge in [-0.3, -0.25) is 9.89 Å². The topological polar surface area (TPSA) is 52.1 Å². The second kappa shape index (κ2) is 11.8. The van der Waals surface area contributed by atoms with Crippen LogP contribution in [0.2, 0.25) is 0 Å². The normalized spacial score (nSPS) is 16.6. The number of ether oxygens (including phenoxy) is 1. The second-order valence-corrected chi connectivity index (χ2v) is 7.34. The largest absolute Gasteiger partial charge is 0.497 e. The molecule has 0 spiro atoms. The molecule has 1 aromatic carbocycles. The molecule has 0 saturated carbocycles. The molecule has 27 heavy (non-hydrogen) atoms. The summed E-state index contributed by atoms with van der Waals surface area (Å²) >= 11 is 0. The number of aliphatic imine (C=N–C) groups is 1. The molecule has 1 aliphatic heterocycles. The summed E-state index contributed by atoms with van der Waals surface area (Å²) in [7, 11) is 5.92. The quantitative estimate of drug-likeness (QED) is 0.373. The minimum Gasteiger partial charge on any atom is -0.497 e. The zero-order valence-corrected chi connectivity index (χ0v) is 17.5. The molecule has 1 fully saturated rings. The standard InChI is InChI=1S/C21H37N5O/c1-5-22-21(23-13-8-14-25(2)3)24-17-20(26-15-6-7-16-26)18-9-11-19(27-4)12-10-18/h9-12,20H,5-8,13-17H2,1-4H3,(H2,22,23,24). The Balaban J connectivity index is 2.03. The van der Waals surface area contributed by atoms with Crippen LogP contribution >= 0.6 is 0 Å². The molecule has 2 rings (SSSR count). The van der Waals surface area contributed by atoms with Crippen LogP contribution < -0.4 is 15.4 Å². The number of hydrogen-bond acceptors (Lipinski definition) is 4. The van der Waals surface area contributed by atoms with Crippen molar-refractivity contribution in [2.45, 2.75) is 32.2 Å². The van der Waals surface area contributed by atoms with Crippen molar-refractivity contribution in [3.8, 4) is 5.75 Å². The zero-order chi connectivity index (χ0) is 19.5. The molecular formula is C21H37N5O. The smallest absolute Gasteiger partial charge is 0.191 e. The predicted octanol–water partition coefficient (Wildman–Crippen LogP) is 2.34. The minimum absolute atomic E-state index is 0.315. The van der Waals surface area contributed by atoms with Gasteiger partial charge in [0.2, 0.25) is 0 Å². The number of hydrogen-bond donors (Lipinski definition) is 2. The zero-order valence-electron chi connectivity index (χ0n) is 17.5. The maximum Gasteiger partial charge on any atom is 0.191 e. The Morgan fingerprint density at radius 3 is 2.48 bits per heavy atom. The van der Waals surface area contributed by atoms with E-state index in [0.717, 1.165) is 57.4 Å². The van der Waals surface area contributed by atoms with Crippen LogP contribution in [0.15, 0.2) is 29.3 Å². The Hall–Kier alpha value is -1.79. The molecule has 1 unspecified atom stereocenters. The van der Waals surface area contributed by atoms with E-state index in [0.29, 0.717) is 6.04 Å². The summed E-state index contributed by atoms with van der Waals surface area (Å²) in [6.07, 6.45) is 3.66. The van der Waals surface area contributed by atoms with Gasteiger partial charge in [0.25, 0.3) is 0 Å². The Bertz CT molecular complexity index is 552. The van der Waals surface area contributed by atoms with E-state index >= 15 is 0 Å². The van der Waals surface area contributed by atoms with Crippen LogP contribution in [0.3, 0.4) is 0 Å². The molecule has 1 aromatic rings. The van der Waals surface area contributed by atoms with Crippen molar-refractivity contribution in [1.82, 2.24) is 20.4 Å². The summed E-state index contributed by atoms with van der Waals surface area (Å²) in [4.78, 5) is 9.67. The number of benzene rings is 1.